The lowest BCUT2D eigenvalue weighted by Gasteiger charge is -2.24. The van der Waals surface area contributed by atoms with Crippen LogP contribution in [-0.4, -0.2) is 44.4 Å². The molecule has 3 aliphatic rings. The van der Waals surface area contributed by atoms with Crippen LogP contribution < -0.4 is 0 Å². The van der Waals surface area contributed by atoms with E-state index in [1.165, 1.54) is 12.8 Å². The maximum atomic E-state index is 12.9. The van der Waals surface area contributed by atoms with E-state index >= 15 is 0 Å². The zero-order chi connectivity index (χ0) is 9.76. The van der Waals surface area contributed by atoms with Crippen LogP contribution in [-0.2, 0) is 4.74 Å². The summed E-state index contributed by atoms with van der Waals surface area (Å²) in [6, 6.07) is 0. The molecule has 3 heteroatoms. The SMILES string of the molecule is COCC1(CN2CC3C(F)C3C2)CC1. The monoisotopic (exact) mass is 199 g/mol. The van der Waals surface area contributed by atoms with Gasteiger partial charge in [0.25, 0.3) is 0 Å². The molecule has 3 fully saturated rings. The minimum Gasteiger partial charge on any atom is -0.384 e. The van der Waals surface area contributed by atoms with Crippen LogP contribution in [0.4, 0.5) is 4.39 Å². The zero-order valence-corrected chi connectivity index (χ0v) is 8.71. The molecule has 2 unspecified atom stereocenters. The zero-order valence-electron chi connectivity index (χ0n) is 8.71. The fraction of sp³-hybridized carbons (Fsp3) is 1.00. The van der Waals surface area contributed by atoms with Crippen molar-refractivity contribution in [1.82, 2.24) is 4.90 Å². The summed E-state index contributed by atoms with van der Waals surface area (Å²) in [4.78, 5) is 2.44. The molecule has 0 amide bonds. The Morgan fingerprint density at radius 3 is 2.50 bits per heavy atom. The molecule has 2 saturated carbocycles. The van der Waals surface area contributed by atoms with Gasteiger partial charge in [-0.05, 0) is 12.8 Å². The lowest BCUT2D eigenvalue weighted by Crippen LogP contribution is -2.33. The fourth-order valence-corrected chi connectivity index (χ4v) is 2.98. The average Bonchev–Trinajstić information content (AvgIpc) is 2.96. The second kappa shape index (κ2) is 2.92. The molecular formula is C11H18FNO. The summed E-state index contributed by atoms with van der Waals surface area (Å²) in [6.07, 6.45) is 2.13. The third-order valence-corrected chi connectivity index (χ3v) is 4.13. The van der Waals surface area contributed by atoms with Crippen molar-refractivity contribution < 1.29 is 9.13 Å². The molecule has 14 heavy (non-hydrogen) atoms. The molecule has 1 aliphatic heterocycles. The summed E-state index contributed by atoms with van der Waals surface area (Å²) < 4.78 is 18.2. The summed E-state index contributed by atoms with van der Waals surface area (Å²) in [7, 11) is 1.78. The summed E-state index contributed by atoms with van der Waals surface area (Å²) >= 11 is 0. The highest BCUT2D eigenvalue weighted by Gasteiger charge is 2.58. The first kappa shape index (κ1) is 9.10. The molecule has 2 aliphatic carbocycles. The van der Waals surface area contributed by atoms with Gasteiger partial charge in [-0.1, -0.05) is 0 Å². The van der Waals surface area contributed by atoms with E-state index in [0.29, 0.717) is 17.3 Å². The molecule has 2 atom stereocenters. The van der Waals surface area contributed by atoms with Crippen LogP contribution in [0.1, 0.15) is 12.8 Å². The van der Waals surface area contributed by atoms with Gasteiger partial charge in [0.1, 0.15) is 6.17 Å². The number of ether oxygens (including phenoxy) is 1. The number of alkyl halides is 1. The van der Waals surface area contributed by atoms with Crippen LogP contribution in [0.25, 0.3) is 0 Å². The van der Waals surface area contributed by atoms with E-state index in [2.05, 4.69) is 4.90 Å². The molecule has 0 aromatic heterocycles. The number of rotatable bonds is 4. The summed E-state index contributed by atoms with van der Waals surface area (Å²) in [6.45, 7) is 4.02. The van der Waals surface area contributed by atoms with Crippen LogP contribution >= 0.6 is 0 Å². The lowest BCUT2D eigenvalue weighted by molar-refractivity contribution is 0.109. The third-order valence-electron chi connectivity index (χ3n) is 4.13. The molecule has 1 heterocycles. The molecule has 0 aromatic rings. The van der Waals surface area contributed by atoms with Crippen molar-refractivity contribution in [2.45, 2.75) is 19.0 Å². The highest BCUT2D eigenvalue weighted by molar-refractivity contribution is 5.08. The molecule has 0 spiro atoms. The predicted molar refractivity (Wildman–Crippen MR) is 51.9 cm³/mol. The van der Waals surface area contributed by atoms with Gasteiger partial charge in [-0.15, -0.1) is 0 Å². The molecule has 0 aromatic carbocycles. The fourth-order valence-electron chi connectivity index (χ4n) is 2.98. The predicted octanol–water partition coefficient (Wildman–Crippen LogP) is 1.31. The first-order chi connectivity index (χ1) is 6.74. The van der Waals surface area contributed by atoms with Crippen molar-refractivity contribution in [3.05, 3.63) is 0 Å². The number of halogens is 1. The molecule has 1 saturated heterocycles. The molecule has 2 nitrogen and oxygen atoms in total. The maximum absolute atomic E-state index is 12.9. The van der Waals surface area contributed by atoms with Gasteiger partial charge in [-0.25, -0.2) is 4.39 Å². The van der Waals surface area contributed by atoms with E-state index in [4.69, 9.17) is 4.74 Å². The second-order valence-electron chi connectivity index (χ2n) is 5.40. The minimum absolute atomic E-state index is 0.383. The van der Waals surface area contributed by atoms with Gasteiger partial charge >= 0.3 is 0 Å². The van der Waals surface area contributed by atoms with Gasteiger partial charge in [0.15, 0.2) is 0 Å². The number of fused-ring (bicyclic) bond motifs is 1. The molecule has 0 radical (unpaired) electrons. The molecule has 80 valence electrons. The van der Waals surface area contributed by atoms with Gasteiger partial charge in [-0.3, -0.25) is 0 Å². The van der Waals surface area contributed by atoms with E-state index in [1.54, 1.807) is 7.11 Å². The quantitative estimate of drug-likeness (QED) is 0.677. The summed E-state index contributed by atoms with van der Waals surface area (Å²) in [5.41, 5.74) is 0.442. The van der Waals surface area contributed by atoms with Gasteiger partial charge < -0.3 is 9.64 Å². The van der Waals surface area contributed by atoms with E-state index < -0.39 is 6.17 Å². The smallest absolute Gasteiger partial charge is 0.109 e. The Kier molecular flexibility index (Phi) is 1.90. The van der Waals surface area contributed by atoms with Crippen molar-refractivity contribution in [1.29, 1.82) is 0 Å². The highest BCUT2D eigenvalue weighted by atomic mass is 19.1. The van der Waals surface area contributed by atoms with Gasteiger partial charge in [-0.2, -0.15) is 0 Å². The van der Waals surface area contributed by atoms with E-state index in [1.807, 2.05) is 0 Å². The van der Waals surface area contributed by atoms with Crippen molar-refractivity contribution in [3.63, 3.8) is 0 Å². The maximum Gasteiger partial charge on any atom is 0.109 e. The van der Waals surface area contributed by atoms with Gasteiger partial charge in [0, 0.05) is 44.0 Å². The number of hydrogen-bond acceptors (Lipinski definition) is 2. The Morgan fingerprint density at radius 2 is 2.00 bits per heavy atom. The third kappa shape index (κ3) is 1.38. The van der Waals surface area contributed by atoms with E-state index in [-0.39, 0.29) is 0 Å². The average molecular weight is 199 g/mol. The second-order valence-corrected chi connectivity index (χ2v) is 5.40. The van der Waals surface area contributed by atoms with Crippen LogP contribution in [0.3, 0.4) is 0 Å². The summed E-state index contributed by atoms with van der Waals surface area (Å²) in [5, 5.41) is 0. The van der Waals surface area contributed by atoms with E-state index in [0.717, 1.165) is 26.2 Å². The Morgan fingerprint density at radius 1 is 1.36 bits per heavy atom. The molecule has 0 N–H and O–H groups in total. The number of piperidine rings is 1. The van der Waals surface area contributed by atoms with Crippen molar-refractivity contribution in [3.8, 4) is 0 Å². The Balaban J connectivity index is 1.50. The summed E-state index contributed by atoms with van der Waals surface area (Å²) in [5.74, 6) is 0.765. The largest absolute Gasteiger partial charge is 0.384 e. The number of likely N-dealkylation sites (tertiary alicyclic amines) is 1. The first-order valence-electron chi connectivity index (χ1n) is 5.59. The standard InChI is InChI=1S/C11H18FNO/c1-14-7-11(2-3-11)6-13-4-8-9(5-13)10(8)12/h8-10H,2-7H2,1H3. The van der Waals surface area contributed by atoms with Gasteiger partial charge in [0.2, 0.25) is 0 Å². The molecular weight excluding hydrogens is 181 g/mol. The Labute approximate surface area is 84.4 Å². The Bertz CT molecular complexity index is 229. The number of methoxy groups -OCH3 is 1. The molecule has 0 bridgehead atoms. The minimum atomic E-state index is -0.469. The number of hydrogen-bond donors (Lipinski definition) is 0. The van der Waals surface area contributed by atoms with Crippen molar-refractivity contribution >= 4 is 0 Å². The van der Waals surface area contributed by atoms with Crippen molar-refractivity contribution in [2.75, 3.05) is 33.4 Å². The van der Waals surface area contributed by atoms with Crippen LogP contribution in [0.5, 0.6) is 0 Å². The number of nitrogens with zero attached hydrogens (tertiary/aromatic N) is 1. The van der Waals surface area contributed by atoms with Crippen molar-refractivity contribution in [2.24, 2.45) is 17.3 Å². The highest BCUT2D eigenvalue weighted by Crippen LogP contribution is 2.52. The van der Waals surface area contributed by atoms with Crippen LogP contribution in [0.2, 0.25) is 0 Å². The normalized spacial score (nSPS) is 43.7. The first-order valence-corrected chi connectivity index (χ1v) is 5.59. The van der Waals surface area contributed by atoms with Gasteiger partial charge in [0.05, 0.1) is 6.61 Å². The lowest BCUT2D eigenvalue weighted by atomic mass is 10.1. The van der Waals surface area contributed by atoms with Crippen LogP contribution in [0.15, 0.2) is 0 Å². The van der Waals surface area contributed by atoms with E-state index in [9.17, 15) is 4.39 Å². The molecule has 3 rings (SSSR count). The topological polar surface area (TPSA) is 12.5 Å². The van der Waals surface area contributed by atoms with Crippen LogP contribution in [0, 0.1) is 17.3 Å². The Hall–Kier alpha value is -0.150.